The first kappa shape index (κ1) is 11.6. The van der Waals surface area contributed by atoms with E-state index in [9.17, 15) is 4.79 Å². The van der Waals surface area contributed by atoms with Crippen LogP contribution in [0.15, 0.2) is 24.3 Å². The highest BCUT2D eigenvalue weighted by Gasteiger charge is 2.19. The maximum atomic E-state index is 11.6. The summed E-state index contributed by atoms with van der Waals surface area (Å²) in [5.41, 5.74) is 1.04. The Hall–Kier alpha value is -0.860. The molecule has 2 rings (SSSR count). The van der Waals surface area contributed by atoms with Crippen LogP contribution in [0.25, 0.3) is 0 Å². The summed E-state index contributed by atoms with van der Waals surface area (Å²) in [6.07, 6.45) is 3.68. The second-order valence-corrected chi connectivity index (χ2v) is 4.76. The predicted molar refractivity (Wildman–Crippen MR) is 65.8 cm³/mol. The van der Waals surface area contributed by atoms with E-state index < -0.39 is 0 Å². The molecule has 0 aliphatic heterocycles. The molecule has 0 amide bonds. The number of benzene rings is 1. The third-order valence-electron chi connectivity index (χ3n) is 2.73. The summed E-state index contributed by atoms with van der Waals surface area (Å²) >= 11 is 5.78. The molecule has 1 aromatic carbocycles. The fourth-order valence-corrected chi connectivity index (χ4v) is 1.75. The molecule has 0 saturated heterocycles. The van der Waals surface area contributed by atoms with Gasteiger partial charge in [0.15, 0.2) is 0 Å². The lowest BCUT2D eigenvalue weighted by Gasteiger charge is -2.03. The third kappa shape index (κ3) is 3.95. The topological polar surface area (TPSA) is 29.1 Å². The summed E-state index contributed by atoms with van der Waals surface area (Å²) in [6, 6.07) is 8.16. The second-order valence-electron chi connectivity index (χ2n) is 4.32. The molecule has 0 aromatic heterocycles. The van der Waals surface area contributed by atoms with Crippen molar-refractivity contribution in [3.05, 3.63) is 34.9 Å². The van der Waals surface area contributed by atoms with Crippen LogP contribution >= 0.6 is 11.6 Å². The molecule has 1 aliphatic carbocycles. The Kier molecular flexibility index (Phi) is 3.97. The van der Waals surface area contributed by atoms with Gasteiger partial charge in [0.05, 0.1) is 0 Å². The molecule has 1 aromatic rings. The minimum Gasteiger partial charge on any atom is -0.314 e. The minimum atomic E-state index is 0.287. The lowest BCUT2D eigenvalue weighted by molar-refractivity contribution is -0.118. The Balaban J connectivity index is 1.70. The van der Waals surface area contributed by atoms with Gasteiger partial charge in [-0.25, -0.2) is 0 Å². The number of hydrogen-bond donors (Lipinski definition) is 1. The van der Waals surface area contributed by atoms with Gasteiger partial charge in [0.25, 0.3) is 0 Å². The van der Waals surface area contributed by atoms with Crippen LogP contribution in [-0.2, 0) is 11.2 Å². The van der Waals surface area contributed by atoms with Gasteiger partial charge in [-0.05, 0) is 30.5 Å². The lowest BCUT2D eigenvalue weighted by Crippen LogP contribution is -2.20. The molecule has 1 saturated carbocycles. The summed E-state index contributed by atoms with van der Waals surface area (Å²) in [5.74, 6) is 0.287. The standard InChI is InChI=1S/C13H16ClNO/c14-11-3-1-10(2-4-11)9-13(16)7-8-15-12-5-6-12/h1-4,12,15H,5-9H2. The fourth-order valence-electron chi connectivity index (χ4n) is 1.62. The van der Waals surface area contributed by atoms with E-state index in [0.29, 0.717) is 23.9 Å². The van der Waals surface area contributed by atoms with Crippen molar-refractivity contribution in [3.63, 3.8) is 0 Å². The first-order valence-corrected chi connectivity index (χ1v) is 6.11. The van der Waals surface area contributed by atoms with Crippen molar-refractivity contribution in [2.24, 2.45) is 0 Å². The number of ketones is 1. The van der Waals surface area contributed by atoms with Gasteiger partial charge in [-0.1, -0.05) is 23.7 Å². The van der Waals surface area contributed by atoms with Crippen molar-refractivity contribution in [2.75, 3.05) is 6.54 Å². The van der Waals surface area contributed by atoms with Gasteiger partial charge in [-0.2, -0.15) is 0 Å². The van der Waals surface area contributed by atoms with Gasteiger partial charge in [-0.15, -0.1) is 0 Å². The van der Waals surface area contributed by atoms with Gasteiger partial charge < -0.3 is 5.32 Å². The molecule has 0 unspecified atom stereocenters. The van der Waals surface area contributed by atoms with Crippen LogP contribution in [0, 0.1) is 0 Å². The highest BCUT2D eigenvalue weighted by Crippen LogP contribution is 2.18. The average Bonchev–Trinajstić information content (AvgIpc) is 3.05. The number of rotatable bonds is 6. The van der Waals surface area contributed by atoms with Crippen LogP contribution in [0.5, 0.6) is 0 Å². The second kappa shape index (κ2) is 5.46. The van der Waals surface area contributed by atoms with E-state index in [2.05, 4.69) is 5.32 Å². The molecule has 1 aliphatic rings. The van der Waals surface area contributed by atoms with Crippen LogP contribution in [0.4, 0.5) is 0 Å². The number of Topliss-reactive ketones (excluding diaryl/α,β-unsaturated/α-hetero) is 1. The number of nitrogens with one attached hydrogen (secondary N) is 1. The number of halogens is 1. The molecule has 16 heavy (non-hydrogen) atoms. The smallest absolute Gasteiger partial charge is 0.138 e. The first-order chi connectivity index (χ1) is 7.74. The predicted octanol–water partition coefficient (Wildman–Crippen LogP) is 2.59. The molecule has 3 heteroatoms. The number of carbonyl (C=O) groups is 1. The van der Waals surface area contributed by atoms with Crippen molar-refractivity contribution in [3.8, 4) is 0 Å². The van der Waals surface area contributed by atoms with Gasteiger partial charge >= 0.3 is 0 Å². The molecule has 0 heterocycles. The van der Waals surface area contributed by atoms with Crippen molar-refractivity contribution < 1.29 is 4.79 Å². The molecule has 86 valence electrons. The molecule has 0 atom stereocenters. The lowest BCUT2D eigenvalue weighted by atomic mass is 10.1. The largest absolute Gasteiger partial charge is 0.314 e. The molecular formula is C13H16ClNO. The molecule has 0 radical (unpaired) electrons. The van der Waals surface area contributed by atoms with E-state index in [4.69, 9.17) is 11.6 Å². The monoisotopic (exact) mass is 237 g/mol. The quantitative estimate of drug-likeness (QED) is 0.824. The Labute approximate surface area is 101 Å². The molecule has 0 bridgehead atoms. The Morgan fingerprint density at radius 3 is 2.62 bits per heavy atom. The first-order valence-electron chi connectivity index (χ1n) is 5.73. The molecule has 2 nitrogen and oxygen atoms in total. The highest BCUT2D eigenvalue weighted by molar-refractivity contribution is 6.30. The summed E-state index contributed by atoms with van der Waals surface area (Å²) in [7, 11) is 0. The Morgan fingerprint density at radius 1 is 1.31 bits per heavy atom. The highest BCUT2D eigenvalue weighted by atomic mass is 35.5. The van der Waals surface area contributed by atoms with E-state index >= 15 is 0 Å². The Bertz CT molecular complexity index is 357. The summed E-state index contributed by atoms with van der Waals surface area (Å²) in [4.78, 5) is 11.6. The van der Waals surface area contributed by atoms with E-state index in [1.807, 2.05) is 24.3 Å². The van der Waals surface area contributed by atoms with E-state index in [0.717, 1.165) is 12.1 Å². The zero-order valence-corrected chi connectivity index (χ0v) is 9.96. The number of carbonyl (C=O) groups excluding carboxylic acids is 1. The van der Waals surface area contributed by atoms with Crippen LogP contribution in [-0.4, -0.2) is 18.4 Å². The van der Waals surface area contributed by atoms with Gasteiger partial charge in [0.1, 0.15) is 5.78 Å². The van der Waals surface area contributed by atoms with E-state index in [1.165, 1.54) is 12.8 Å². The maximum absolute atomic E-state index is 11.6. The van der Waals surface area contributed by atoms with Crippen LogP contribution < -0.4 is 5.32 Å². The van der Waals surface area contributed by atoms with Crippen molar-refractivity contribution in [2.45, 2.75) is 31.7 Å². The van der Waals surface area contributed by atoms with Crippen LogP contribution in [0.1, 0.15) is 24.8 Å². The van der Waals surface area contributed by atoms with Gasteiger partial charge in [0, 0.05) is 30.5 Å². The normalized spacial score (nSPS) is 15.1. The third-order valence-corrected chi connectivity index (χ3v) is 2.98. The van der Waals surface area contributed by atoms with Gasteiger partial charge in [-0.3, -0.25) is 4.79 Å². The van der Waals surface area contributed by atoms with Crippen molar-refractivity contribution >= 4 is 17.4 Å². The maximum Gasteiger partial charge on any atom is 0.138 e. The summed E-state index contributed by atoms with van der Waals surface area (Å²) in [5, 5.41) is 4.05. The van der Waals surface area contributed by atoms with E-state index in [1.54, 1.807) is 0 Å². The summed E-state index contributed by atoms with van der Waals surface area (Å²) in [6.45, 7) is 0.817. The molecule has 1 fully saturated rings. The zero-order chi connectivity index (χ0) is 11.4. The molecular weight excluding hydrogens is 222 g/mol. The molecule has 1 N–H and O–H groups in total. The SMILES string of the molecule is O=C(CCNC1CC1)Cc1ccc(Cl)cc1. The van der Waals surface area contributed by atoms with E-state index in [-0.39, 0.29) is 5.78 Å². The minimum absolute atomic E-state index is 0.287. The Morgan fingerprint density at radius 2 is 2.00 bits per heavy atom. The summed E-state index contributed by atoms with van der Waals surface area (Å²) < 4.78 is 0. The molecule has 0 spiro atoms. The fraction of sp³-hybridized carbons (Fsp3) is 0.462. The number of hydrogen-bond acceptors (Lipinski definition) is 2. The van der Waals surface area contributed by atoms with Crippen LogP contribution in [0.2, 0.25) is 5.02 Å². The van der Waals surface area contributed by atoms with Crippen molar-refractivity contribution in [1.29, 1.82) is 0 Å². The van der Waals surface area contributed by atoms with Crippen LogP contribution in [0.3, 0.4) is 0 Å². The average molecular weight is 238 g/mol. The van der Waals surface area contributed by atoms with Crippen molar-refractivity contribution in [1.82, 2.24) is 5.32 Å². The van der Waals surface area contributed by atoms with Gasteiger partial charge in [0.2, 0.25) is 0 Å². The zero-order valence-electron chi connectivity index (χ0n) is 9.21.